The molecular weight excluding hydrogens is 444 g/mol. The monoisotopic (exact) mass is 470 g/mol. The lowest BCUT2D eigenvalue weighted by Gasteiger charge is -2.33. The second-order valence-corrected chi connectivity index (χ2v) is 8.93. The van der Waals surface area contributed by atoms with Crippen LogP contribution >= 0.6 is 11.3 Å². The predicted octanol–water partition coefficient (Wildman–Crippen LogP) is 2.51. The van der Waals surface area contributed by atoms with Crippen LogP contribution in [0.2, 0.25) is 0 Å². The van der Waals surface area contributed by atoms with Crippen molar-refractivity contribution in [3.05, 3.63) is 51.4 Å². The lowest BCUT2D eigenvalue weighted by atomic mass is 9.95. The quantitative estimate of drug-likeness (QED) is 0.594. The van der Waals surface area contributed by atoms with Crippen LogP contribution in [0.15, 0.2) is 34.4 Å². The van der Waals surface area contributed by atoms with Gasteiger partial charge in [0, 0.05) is 37.7 Å². The van der Waals surface area contributed by atoms with Crippen molar-refractivity contribution in [3.8, 4) is 11.5 Å². The van der Waals surface area contributed by atoms with E-state index in [-0.39, 0.29) is 29.8 Å². The van der Waals surface area contributed by atoms with Gasteiger partial charge in [-0.05, 0) is 36.4 Å². The van der Waals surface area contributed by atoms with Crippen molar-refractivity contribution in [2.75, 3.05) is 34.4 Å². The number of nitrogens with one attached hydrogen (secondary N) is 1. The second kappa shape index (κ2) is 9.62. The van der Waals surface area contributed by atoms with E-state index in [4.69, 9.17) is 9.47 Å². The number of fused-ring (bicyclic) bond motifs is 1. The van der Waals surface area contributed by atoms with Gasteiger partial charge in [0.1, 0.15) is 22.0 Å². The summed E-state index contributed by atoms with van der Waals surface area (Å²) in [7, 11) is 4.79. The van der Waals surface area contributed by atoms with E-state index in [1.807, 2.05) is 5.38 Å². The van der Waals surface area contributed by atoms with Gasteiger partial charge in [0.25, 0.3) is 11.5 Å². The van der Waals surface area contributed by atoms with Crippen molar-refractivity contribution in [3.63, 3.8) is 0 Å². The number of ether oxygens (including phenoxy) is 2. The molecular formula is C23H26N4O5S. The molecule has 10 heteroatoms. The first-order valence-corrected chi connectivity index (χ1v) is 11.5. The van der Waals surface area contributed by atoms with Crippen molar-refractivity contribution in [1.82, 2.24) is 19.8 Å². The molecule has 2 amide bonds. The number of nitrogens with zero attached hydrogens (tertiary/aromatic N) is 3. The fourth-order valence-electron chi connectivity index (χ4n) is 4.05. The zero-order valence-electron chi connectivity index (χ0n) is 18.8. The SMILES string of the molecule is COc1cc(OC)cc(C(=O)N2CCC(C(=O)N(C)Cc3nc4ccsc4c(=O)[nH]3)CC2)c1. The number of carbonyl (C=O) groups is 2. The highest BCUT2D eigenvalue weighted by molar-refractivity contribution is 7.17. The van der Waals surface area contributed by atoms with E-state index in [2.05, 4.69) is 9.97 Å². The molecule has 0 unspecified atom stereocenters. The first kappa shape index (κ1) is 22.8. The average Bonchev–Trinajstić information content (AvgIpc) is 3.32. The van der Waals surface area contributed by atoms with Gasteiger partial charge in [0.2, 0.25) is 5.91 Å². The number of piperidine rings is 1. The molecule has 0 radical (unpaired) electrons. The average molecular weight is 471 g/mol. The Morgan fingerprint density at radius 2 is 1.85 bits per heavy atom. The van der Waals surface area contributed by atoms with Crippen molar-refractivity contribution in [2.24, 2.45) is 5.92 Å². The fourth-order valence-corrected chi connectivity index (χ4v) is 4.78. The van der Waals surface area contributed by atoms with Crippen LogP contribution in [-0.2, 0) is 11.3 Å². The summed E-state index contributed by atoms with van der Waals surface area (Å²) >= 11 is 1.34. The topological polar surface area (TPSA) is 105 Å². The number of H-pyrrole nitrogens is 1. The maximum atomic E-state index is 13.0. The van der Waals surface area contributed by atoms with Crippen molar-refractivity contribution < 1.29 is 19.1 Å². The predicted molar refractivity (Wildman–Crippen MR) is 125 cm³/mol. The smallest absolute Gasteiger partial charge is 0.268 e. The highest BCUT2D eigenvalue weighted by atomic mass is 32.1. The number of amides is 2. The Morgan fingerprint density at radius 1 is 1.18 bits per heavy atom. The molecule has 33 heavy (non-hydrogen) atoms. The molecule has 2 aromatic heterocycles. The Labute approximate surface area is 194 Å². The van der Waals surface area contributed by atoms with Crippen LogP contribution in [0.1, 0.15) is 29.0 Å². The number of carbonyl (C=O) groups excluding carboxylic acids is 2. The van der Waals surface area contributed by atoms with Crippen molar-refractivity contribution >= 4 is 33.4 Å². The molecule has 0 saturated carbocycles. The lowest BCUT2D eigenvalue weighted by Crippen LogP contribution is -2.43. The van der Waals surface area contributed by atoms with E-state index in [0.29, 0.717) is 59.0 Å². The van der Waals surface area contributed by atoms with E-state index in [0.717, 1.165) is 0 Å². The highest BCUT2D eigenvalue weighted by Crippen LogP contribution is 2.26. The van der Waals surface area contributed by atoms with Crippen LogP contribution in [0.5, 0.6) is 11.5 Å². The van der Waals surface area contributed by atoms with Crippen molar-refractivity contribution in [1.29, 1.82) is 0 Å². The van der Waals surface area contributed by atoms with Gasteiger partial charge in [-0.1, -0.05) is 0 Å². The second-order valence-electron chi connectivity index (χ2n) is 8.01. The number of likely N-dealkylation sites (tertiary alicyclic amines) is 1. The Bertz CT molecular complexity index is 1210. The summed E-state index contributed by atoms with van der Waals surface area (Å²) in [6.45, 7) is 1.19. The molecule has 1 N–H and O–H groups in total. The number of methoxy groups -OCH3 is 2. The molecule has 9 nitrogen and oxygen atoms in total. The van der Waals surface area contributed by atoms with Gasteiger partial charge in [-0.25, -0.2) is 4.98 Å². The maximum Gasteiger partial charge on any atom is 0.268 e. The minimum Gasteiger partial charge on any atom is -0.497 e. The number of thiophene rings is 1. The first-order chi connectivity index (χ1) is 15.9. The molecule has 3 heterocycles. The summed E-state index contributed by atoms with van der Waals surface area (Å²) < 4.78 is 11.1. The van der Waals surface area contributed by atoms with Crippen molar-refractivity contribution in [2.45, 2.75) is 19.4 Å². The van der Waals surface area contributed by atoms with Crippen LogP contribution < -0.4 is 15.0 Å². The minimum atomic E-state index is -0.188. The summed E-state index contributed by atoms with van der Waals surface area (Å²) in [4.78, 5) is 48.7. The van der Waals surface area contributed by atoms with Crippen LogP contribution in [0.3, 0.4) is 0 Å². The van der Waals surface area contributed by atoms with Gasteiger partial charge >= 0.3 is 0 Å². The molecule has 0 atom stereocenters. The third kappa shape index (κ3) is 4.85. The summed E-state index contributed by atoms with van der Waals surface area (Å²) in [5.41, 5.74) is 0.944. The van der Waals surface area contributed by atoms with Gasteiger partial charge in [0.15, 0.2) is 0 Å². The number of benzene rings is 1. The van der Waals surface area contributed by atoms with Crippen LogP contribution in [-0.4, -0.2) is 65.9 Å². The maximum absolute atomic E-state index is 13.0. The van der Waals surface area contributed by atoms with Crippen LogP contribution in [0.4, 0.5) is 0 Å². The molecule has 4 rings (SSSR count). The zero-order chi connectivity index (χ0) is 23.5. The normalized spacial score (nSPS) is 14.3. The van der Waals surface area contributed by atoms with E-state index in [1.165, 1.54) is 11.3 Å². The Kier molecular flexibility index (Phi) is 6.64. The molecule has 1 aromatic carbocycles. The molecule has 1 aliphatic heterocycles. The Morgan fingerprint density at radius 3 is 2.48 bits per heavy atom. The zero-order valence-corrected chi connectivity index (χ0v) is 19.6. The molecule has 1 aliphatic rings. The van der Waals surface area contributed by atoms with E-state index in [1.54, 1.807) is 55.3 Å². The molecule has 0 bridgehead atoms. The number of aromatic amines is 1. The van der Waals surface area contributed by atoms with E-state index >= 15 is 0 Å². The number of hydrogen-bond donors (Lipinski definition) is 1. The number of rotatable bonds is 6. The summed E-state index contributed by atoms with van der Waals surface area (Å²) in [6, 6.07) is 6.89. The van der Waals surface area contributed by atoms with Crippen LogP contribution in [0.25, 0.3) is 10.2 Å². The molecule has 3 aromatic rings. The van der Waals surface area contributed by atoms with Gasteiger partial charge in [-0.2, -0.15) is 0 Å². The Hall–Kier alpha value is -3.40. The van der Waals surface area contributed by atoms with Gasteiger partial charge < -0.3 is 24.3 Å². The van der Waals surface area contributed by atoms with Gasteiger partial charge in [-0.3, -0.25) is 14.4 Å². The fraction of sp³-hybridized carbons (Fsp3) is 0.391. The molecule has 0 spiro atoms. The Balaban J connectivity index is 1.37. The van der Waals surface area contributed by atoms with Gasteiger partial charge in [-0.15, -0.1) is 11.3 Å². The summed E-state index contributed by atoms with van der Waals surface area (Å²) in [6.07, 6.45) is 1.15. The van der Waals surface area contributed by atoms with Gasteiger partial charge in [0.05, 0.1) is 26.3 Å². The third-order valence-electron chi connectivity index (χ3n) is 5.86. The summed E-state index contributed by atoms with van der Waals surface area (Å²) in [5.74, 6) is 1.25. The highest BCUT2D eigenvalue weighted by Gasteiger charge is 2.30. The standard InChI is InChI=1S/C23H26N4O5S/c1-26(13-19-24-18-6-9-33-20(18)21(28)25-19)22(29)14-4-7-27(8-5-14)23(30)15-10-16(31-2)12-17(11-15)32-3/h6,9-12,14H,4-5,7-8,13H2,1-3H3,(H,24,25,28). The summed E-state index contributed by atoms with van der Waals surface area (Å²) in [5, 5.41) is 1.82. The molecule has 1 fully saturated rings. The van der Waals surface area contributed by atoms with E-state index < -0.39 is 0 Å². The van der Waals surface area contributed by atoms with E-state index in [9.17, 15) is 14.4 Å². The number of hydrogen-bond acceptors (Lipinski definition) is 7. The number of aromatic nitrogens is 2. The molecule has 174 valence electrons. The molecule has 0 aliphatic carbocycles. The first-order valence-electron chi connectivity index (χ1n) is 10.6. The lowest BCUT2D eigenvalue weighted by molar-refractivity contribution is -0.136. The third-order valence-corrected chi connectivity index (χ3v) is 6.76. The van der Waals surface area contributed by atoms with Crippen LogP contribution in [0, 0.1) is 5.92 Å². The largest absolute Gasteiger partial charge is 0.497 e. The molecule has 1 saturated heterocycles. The minimum absolute atomic E-state index is 0.0155.